The van der Waals surface area contributed by atoms with Gasteiger partial charge in [0.25, 0.3) is 5.56 Å². The third-order valence-electron chi connectivity index (χ3n) is 6.33. The van der Waals surface area contributed by atoms with E-state index < -0.39 is 24.6 Å². The summed E-state index contributed by atoms with van der Waals surface area (Å²) in [5.41, 5.74) is 2.53. The first-order valence-corrected chi connectivity index (χ1v) is 13.6. The lowest BCUT2D eigenvalue weighted by molar-refractivity contribution is -0.140. The molecule has 0 bridgehead atoms. The van der Waals surface area contributed by atoms with E-state index in [4.69, 9.17) is 24.3 Å². The second-order valence-electron chi connectivity index (χ2n) is 8.93. The summed E-state index contributed by atoms with van der Waals surface area (Å²) in [6.07, 6.45) is 1.70. The van der Waals surface area contributed by atoms with Gasteiger partial charge in [-0.25, -0.2) is 14.6 Å². The Morgan fingerprint density at radius 3 is 2.39 bits per heavy atom. The molecule has 0 aliphatic carbocycles. The molecule has 0 saturated heterocycles. The number of esters is 1. The highest BCUT2D eigenvalue weighted by molar-refractivity contribution is 7.07. The number of benzene rings is 3. The molecule has 1 atom stereocenters. The molecule has 1 aliphatic heterocycles. The first-order valence-electron chi connectivity index (χ1n) is 12.8. The summed E-state index contributed by atoms with van der Waals surface area (Å²) in [5.74, 6) is -1.06. The smallest absolute Gasteiger partial charge is 0.341 e. The molecular weight excluding hydrogens is 544 g/mol. The Bertz CT molecular complexity index is 1810. The number of hydrogen-bond donors (Lipinski definition) is 1. The molecule has 9 nitrogen and oxygen atoms in total. The van der Waals surface area contributed by atoms with Gasteiger partial charge in [-0.15, -0.1) is 0 Å². The largest absolute Gasteiger partial charge is 0.493 e. The van der Waals surface area contributed by atoms with Crippen LogP contribution in [0, 0.1) is 0 Å². The van der Waals surface area contributed by atoms with Gasteiger partial charge in [0.05, 0.1) is 35.6 Å². The topological polar surface area (TPSA) is 116 Å². The third-order valence-corrected chi connectivity index (χ3v) is 7.31. The van der Waals surface area contributed by atoms with Gasteiger partial charge in [-0.2, -0.15) is 0 Å². The van der Waals surface area contributed by atoms with E-state index >= 15 is 0 Å². The number of carbonyl (C=O) groups is 2. The molecule has 0 spiro atoms. The highest BCUT2D eigenvalue weighted by atomic mass is 32.1. The van der Waals surface area contributed by atoms with E-state index in [0.29, 0.717) is 26.3 Å². The molecule has 208 valence electrons. The van der Waals surface area contributed by atoms with Crippen molar-refractivity contribution in [1.82, 2.24) is 4.57 Å². The maximum Gasteiger partial charge on any atom is 0.341 e. The first-order chi connectivity index (χ1) is 19.9. The SMILES string of the molecule is CCOC(=O)C1=C(c2ccccc2)N=c2s/c(=C/c3ccc(OCC(=O)O)c(OC)c3)c(=O)n2[C@@H]1c1ccccc1. The standard InChI is InChI=1S/C31H26N2O7S/c1-3-39-30(37)26-27(20-10-6-4-7-11-20)32-31-33(28(26)21-12-8-5-9-13-21)29(36)24(41-31)17-19-14-15-22(23(16-19)38-2)40-18-25(34)35/h4-17,28H,3,18H2,1-2H3,(H,34,35)/b24-17+/t28-/m1/s1. The minimum Gasteiger partial charge on any atom is -0.493 e. The lowest BCUT2D eigenvalue weighted by Gasteiger charge is -2.25. The number of thiazole rings is 1. The highest BCUT2D eigenvalue weighted by Gasteiger charge is 2.35. The molecule has 0 radical (unpaired) electrons. The number of methoxy groups -OCH3 is 1. The van der Waals surface area contributed by atoms with Crippen LogP contribution in [0.2, 0.25) is 0 Å². The average Bonchev–Trinajstić information content (AvgIpc) is 3.30. The van der Waals surface area contributed by atoms with E-state index in [0.717, 1.165) is 11.1 Å². The van der Waals surface area contributed by atoms with E-state index in [-0.39, 0.29) is 23.5 Å². The van der Waals surface area contributed by atoms with Crippen LogP contribution in [-0.4, -0.2) is 41.9 Å². The Kier molecular flexibility index (Phi) is 8.11. The van der Waals surface area contributed by atoms with Crippen LogP contribution < -0.4 is 24.4 Å². The van der Waals surface area contributed by atoms with Gasteiger partial charge in [-0.05, 0) is 36.3 Å². The summed E-state index contributed by atoms with van der Waals surface area (Å²) < 4.78 is 18.1. The highest BCUT2D eigenvalue weighted by Crippen LogP contribution is 2.35. The molecule has 10 heteroatoms. The van der Waals surface area contributed by atoms with Crippen molar-refractivity contribution in [1.29, 1.82) is 0 Å². The van der Waals surface area contributed by atoms with Crippen LogP contribution in [0.5, 0.6) is 11.5 Å². The minimum absolute atomic E-state index is 0.171. The number of fused-ring (bicyclic) bond motifs is 1. The summed E-state index contributed by atoms with van der Waals surface area (Å²) in [6.45, 7) is 1.39. The second-order valence-corrected chi connectivity index (χ2v) is 9.94. The zero-order chi connectivity index (χ0) is 28.9. The van der Waals surface area contributed by atoms with Crippen molar-refractivity contribution in [3.05, 3.63) is 121 Å². The van der Waals surface area contributed by atoms with Crippen LogP contribution in [0.4, 0.5) is 0 Å². The van der Waals surface area contributed by atoms with E-state index in [9.17, 15) is 14.4 Å². The maximum absolute atomic E-state index is 14.0. The summed E-state index contributed by atoms with van der Waals surface area (Å²) in [6, 6.07) is 22.9. The predicted molar refractivity (Wildman–Crippen MR) is 154 cm³/mol. The van der Waals surface area contributed by atoms with Crippen LogP contribution in [0.25, 0.3) is 11.8 Å². The average molecular weight is 571 g/mol. The lowest BCUT2D eigenvalue weighted by Crippen LogP contribution is -2.39. The normalized spacial score (nSPS) is 14.7. The van der Waals surface area contributed by atoms with Crippen molar-refractivity contribution in [3.8, 4) is 11.5 Å². The van der Waals surface area contributed by atoms with Gasteiger partial charge < -0.3 is 19.3 Å². The molecule has 41 heavy (non-hydrogen) atoms. The summed E-state index contributed by atoms with van der Waals surface area (Å²) in [5, 5.41) is 8.93. The molecule has 0 saturated carbocycles. The van der Waals surface area contributed by atoms with E-state index in [1.807, 2.05) is 60.7 Å². The molecule has 0 unspecified atom stereocenters. The molecule has 3 aromatic carbocycles. The van der Waals surface area contributed by atoms with Crippen molar-refractivity contribution in [2.75, 3.05) is 20.3 Å². The molecule has 1 aliphatic rings. The molecule has 2 heterocycles. The number of nitrogens with zero attached hydrogens (tertiary/aromatic N) is 2. The number of aliphatic carboxylic acids is 1. The fraction of sp³-hybridized carbons (Fsp3) is 0.161. The molecule has 4 aromatic rings. The third kappa shape index (κ3) is 5.68. The number of rotatable bonds is 9. The van der Waals surface area contributed by atoms with Crippen LogP contribution >= 0.6 is 11.3 Å². The molecule has 0 amide bonds. The molecule has 5 rings (SSSR count). The van der Waals surface area contributed by atoms with Gasteiger partial charge in [0.2, 0.25) is 0 Å². The number of carbonyl (C=O) groups excluding carboxylic acids is 1. The number of hydrogen-bond acceptors (Lipinski definition) is 8. The van der Waals surface area contributed by atoms with Gasteiger partial charge in [0, 0.05) is 5.56 Å². The fourth-order valence-corrected chi connectivity index (χ4v) is 5.58. The monoisotopic (exact) mass is 570 g/mol. The number of aromatic nitrogens is 1. The van der Waals surface area contributed by atoms with Gasteiger partial charge in [-0.3, -0.25) is 9.36 Å². The van der Waals surface area contributed by atoms with Gasteiger partial charge in [0.1, 0.15) is 0 Å². The zero-order valence-electron chi connectivity index (χ0n) is 22.3. The number of carboxylic acids is 1. The van der Waals surface area contributed by atoms with Crippen LogP contribution in [-0.2, 0) is 14.3 Å². The van der Waals surface area contributed by atoms with Gasteiger partial charge in [0.15, 0.2) is 22.9 Å². The van der Waals surface area contributed by atoms with E-state index in [2.05, 4.69) is 0 Å². The maximum atomic E-state index is 14.0. The molecule has 0 fully saturated rings. The fourth-order valence-electron chi connectivity index (χ4n) is 4.58. The Hall–Kier alpha value is -4.96. The zero-order valence-corrected chi connectivity index (χ0v) is 23.1. The molecule has 1 aromatic heterocycles. The Morgan fingerprint density at radius 1 is 1.02 bits per heavy atom. The van der Waals surface area contributed by atoms with Crippen LogP contribution in [0.1, 0.15) is 29.7 Å². The Labute approximate surface area is 238 Å². The van der Waals surface area contributed by atoms with Crippen LogP contribution in [0.15, 0.2) is 94.2 Å². The summed E-state index contributed by atoms with van der Waals surface area (Å²) >= 11 is 1.20. The summed E-state index contributed by atoms with van der Waals surface area (Å²) in [7, 11) is 1.45. The number of ether oxygens (including phenoxy) is 3. The quantitative estimate of drug-likeness (QED) is 0.307. The Morgan fingerprint density at radius 2 is 1.73 bits per heavy atom. The lowest BCUT2D eigenvalue weighted by atomic mass is 9.93. The summed E-state index contributed by atoms with van der Waals surface area (Å²) in [4.78, 5) is 43.6. The van der Waals surface area contributed by atoms with Crippen molar-refractivity contribution in [2.45, 2.75) is 13.0 Å². The van der Waals surface area contributed by atoms with Crippen molar-refractivity contribution >= 4 is 35.0 Å². The first kappa shape index (κ1) is 27.6. The Balaban J connectivity index is 1.72. The number of carboxylic acid groups (broad SMARTS) is 1. The second kappa shape index (κ2) is 12.1. The molecule has 1 N–H and O–H groups in total. The predicted octanol–water partition coefficient (Wildman–Crippen LogP) is 3.41. The minimum atomic E-state index is -1.11. The van der Waals surface area contributed by atoms with Gasteiger partial charge in [-0.1, -0.05) is 78.1 Å². The van der Waals surface area contributed by atoms with E-state index in [1.54, 1.807) is 31.2 Å². The van der Waals surface area contributed by atoms with Crippen molar-refractivity contribution in [2.24, 2.45) is 4.99 Å². The molecular formula is C31H26N2O7S. The van der Waals surface area contributed by atoms with Crippen molar-refractivity contribution in [3.63, 3.8) is 0 Å². The van der Waals surface area contributed by atoms with Gasteiger partial charge >= 0.3 is 11.9 Å². The van der Waals surface area contributed by atoms with Crippen LogP contribution in [0.3, 0.4) is 0 Å². The van der Waals surface area contributed by atoms with Crippen molar-refractivity contribution < 1.29 is 28.9 Å². The van der Waals surface area contributed by atoms with E-state index in [1.165, 1.54) is 23.0 Å².